The third kappa shape index (κ3) is 5.06. The van der Waals surface area contributed by atoms with Gasteiger partial charge in [-0.3, -0.25) is 4.79 Å². The van der Waals surface area contributed by atoms with E-state index in [1.165, 1.54) is 31.3 Å². The van der Waals surface area contributed by atoms with Crippen LogP contribution in [0, 0.1) is 17.8 Å². The first-order valence-corrected chi connectivity index (χ1v) is 14.1. The summed E-state index contributed by atoms with van der Waals surface area (Å²) in [6, 6.07) is 1.20. The lowest BCUT2D eigenvalue weighted by Crippen LogP contribution is -2.52. The molecule has 3 fully saturated rings. The van der Waals surface area contributed by atoms with Crippen LogP contribution in [0.4, 0.5) is 0 Å². The van der Waals surface area contributed by atoms with Crippen LogP contribution in [0.1, 0.15) is 91.9 Å². The van der Waals surface area contributed by atoms with Crippen molar-refractivity contribution in [1.82, 2.24) is 9.80 Å². The lowest BCUT2D eigenvalue weighted by Gasteiger charge is -2.52. The second-order valence-electron chi connectivity index (χ2n) is 10.9. The molecule has 0 amide bonds. The Morgan fingerprint density at radius 2 is 1.48 bits per heavy atom. The van der Waals surface area contributed by atoms with Crippen LogP contribution in [0.15, 0.2) is 11.1 Å². The number of aliphatic carboxylic acids is 1. The molecule has 188 valence electrons. The van der Waals surface area contributed by atoms with Crippen molar-refractivity contribution in [2.45, 2.75) is 116 Å². The average Bonchev–Trinajstić information content (AvgIpc) is 2.84. The molecule has 0 aromatic rings. The van der Waals surface area contributed by atoms with Crippen LogP contribution in [-0.4, -0.2) is 71.3 Å². The molecule has 7 atom stereocenters. The summed E-state index contributed by atoms with van der Waals surface area (Å²) in [5, 5.41) is 10.1. The minimum Gasteiger partial charge on any atom is -0.481 e. The van der Waals surface area contributed by atoms with Crippen molar-refractivity contribution in [3.8, 4) is 0 Å². The zero-order valence-corrected chi connectivity index (χ0v) is 21.6. The van der Waals surface area contributed by atoms with Crippen LogP contribution in [0.2, 0.25) is 0 Å². The van der Waals surface area contributed by atoms with Crippen LogP contribution in [-0.2, 0) is 9.53 Å². The van der Waals surface area contributed by atoms with E-state index in [1.807, 2.05) is 0 Å². The minimum atomic E-state index is -0.568. The van der Waals surface area contributed by atoms with Crippen molar-refractivity contribution >= 4 is 5.97 Å². The zero-order valence-electron chi connectivity index (χ0n) is 21.6. The minimum absolute atomic E-state index is 0.193. The number of hydrogen-bond donors (Lipinski definition) is 1. The molecule has 33 heavy (non-hydrogen) atoms. The highest BCUT2D eigenvalue weighted by molar-refractivity contribution is 5.71. The van der Waals surface area contributed by atoms with Gasteiger partial charge in [-0.1, -0.05) is 46.1 Å². The van der Waals surface area contributed by atoms with Gasteiger partial charge in [-0.25, -0.2) is 0 Å². The first-order valence-electron chi connectivity index (χ1n) is 14.1. The van der Waals surface area contributed by atoms with Gasteiger partial charge in [0.25, 0.3) is 0 Å². The number of nitrogens with zero attached hydrogens (tertiary/aromatic N) is 2. The fourth-order valence-corrected chi connectivity index (χ4v) is 7.98. The number of carbonyl (C=O) groups is 1. The van der Waals surface area contributed by atoms with E-state index in [2.05, 4.69) is 37.5 Å². The van der Waals surface area contributed by atoms with E-state index in [4.69, 9.17) is 4.74 Å². The van der Waals surface area contributed by atoms with E-state index >= 15 is 0 Å². The monoisotopic (exact) mass is 460 g/mol. The number of carboxylic acid groups (broad SMARTS) is 1. The van der Waals surface area contributed by atoms with Crippen molar-refractivity contribution in [1.29, 1.82) is 0 Å². The molecule has 0 aromatic carbocycles. The maximum absolute atomic E-state index is 12.3. The Bertz CT molecular complexity index is 699. The number of fused-ring (bicyclic) bond motifs is 2. The Balaban J connectivity index is 1.66. The van der Waals surface area contributed by atoms with Crippen molar-refractivity contribution in [2.24, 2.45) is 17.8 Å². The predicted octanol–water partition coefficient (Wildman–Crippen LogP) is 5.35. The molecule has 0 radical (unpaired) electrons. The highest BCUT2D eigenvalue weighted by atomic mass is 16.5. The molecule has 3 saturated carbocycles. The van der Waals surface area contributed by atoms with Gasteiger partial charge in [0.2, 0.25) is 0 Å². The fourth-order valence-electron chi connectivity index (χ4n) is 7.98. The predicted molar refractivity (Wildman–Crippen MR) is 133 cm³/mol. The molecule has 1 N–H and O–H groups in total. The summed E-state index contributed by atoms with van der Waals surface area (Å²) in [5.74, 6) is -0.0825. The van der Waals surface area contributed by atoms with E-state index < -0.39 is 5.97 Å². The first-order chi connectivity index (χ1) is 16.0. The molecule has 0 aromatic heterocycles. The van der Waals surface area contributed by atoms with E-state index in [-0.39, 0.29) is 24.0 Å². The number of ether oxygens (including phenoxy) is 1. The van der Waals surface area contributed by atoms with Crippen LogP contribution >= 0.6 is 0 Å². The summed E-state index contributed by atoms with van der Waals surface area (Å²) in [6.45, 7) is 13.5. The van der Waals surface area contributed by atoms with Gasteiger partial charge in [0.15, 0.2) is 0 Å². The van der Waals surface area contributed by atoms with E-state index in [9.17, 15) is 9.90 Å². The molecule has 0 spiro atoms. The molecule has 5 heteroatoms. The molecule has 7 unspecified atom stereocenters. The Hall–Kier alpha value is -0.910. The quantitative estimate of drug-likeness (QED) is 0.495. The maximum atomic E-state index is 12.3. The molecule has 1 heterocycles. The smallest absolute Gasteiger partial charge is 0.307 e. The maximum Gasteiger partial charge on any atom is 0.307 e. The van der Waals surface area contributed by atoms with Crippen LogP contribution in [0.25, 0.3) is 0 Å². The summed E-state index contributed by atoms with van der Waals surface area (Å²) in [4.78, 5) is 17.5. The molecule has 3 aliphatic carbocycles. The van der Waals surface area contributed by atoms with Gasteiger partial charge in [-0.15, -0.1) is 0 Å². The van der Waals surface area contributed by atoms with E-state index in [0.29, 0.717) is 18.0 Å². The summed E-state index contributed by atoms with van der Waals surface area (Å²) in [7, 11) is 0. The Morgan fingerprint density at radius 1 is 0.848 bits per heavy atom. The third-order valence-electron chi connectivity index (χ3n) is 9.64. The van der Waals surface area contributed by atoms with Crippen LogP contribution in [0.3, 0.4) is 0 Å². The SMILES string of the molecule is CCN(CC)C1CCC2=C(C3CCCCC3C(=O)O)C3CCC(N(CC)CC)CC3OC2C1. The summed E-state index contributed by atoms with van der Waals surface area (Å²) in [5.41, 5.74) is 3.10. The molecule has 0 saturated heterocycles. The van der Waals surface area contributed by atoms with Crippen molar-refractivity contribution < 1.29 is 14.6 Å². The van der Waals surface area contributed by atoms with Gasteiger partial charge in [-0.2, -0.15) is 0 Å². The van der Waals surface area contributed by atoms with Crippen LogP contribution < -0.4 is 0 Å². The Kier molecular flexibility index (Phi) is 8.56. The molecular weight excluding hydrogens is 412 g/mol. The highest BCUT2D eigenvalue weighted by Gasteiger charge is 2.48. The summed E-state index contributed by atoms with van der Waals surface area (Å²) < 4.78 is 6.99. The highest BCUT2D eigenvalue weighted by Crippen LogP contribution is 2.51. The van der Waals surface area contributed by atoms with Gasteiger partial charge >= 0.3 is 5.97 Å². The van der Waals surface area contributed by atoms with Gasteiger partial charge in [-0.05, 0) is 89.0 Å². The zero-order chi connectivity index (χ0) is 23.5. The second kappa shape index (κ2) is 11.2. The Morgan fingerprint density at radius 3 is 2.12 bits per heavy atom. The molecule has 0 bridgehead atoms. The Labute approximate surface area is 201 Å². The van der Waals surface area contributed by atoms with E-state index in [0.717, 1.165) is 64.7 Å². The number of hydrogen-bond acceptors (Lipinski definition) is 4. The topological polar surface area (TPSA) is 53.0 Å². The molecular formula is C28H48N2O3. The largest absolute Gasteiger partial charge is 0.481 e. The molecule has 1 aliphatic heterocycles. The first kappa shape index (κ1) is 25.2. The second-order valence-corrected chi connectivity index (χ2v) is 10.9. The van der Waals surface area contributed by atoms with Gasteiger partial charge < -0.3 is 19.6 Å². The summed E-state index contributed by atoms with van der Waals surface area (Å²) >= 11 is 0. The standard InChI is InChI=1S/C28H48N2O3/c1-5-29(6-2)19-13-15-23-25(17-19)33-26-18-20(30(7-3)8-4)14-16-24(26)27(23)21-11-9-10-12-22(21)28(31)32/h19-23,25-26H,5-18H2,1-4H3,(H,31,32). The van der Waals surface area contributed by atoms with Crippen LogP contribution in [0.5, 0.6) is 0 Å². The lowest BCUT2D eigenvalue weighted by molar-refractivity contribution is -0.145. The van der Waals surface area contributed by atoms with Gasteiger partial charge in [0.1, 0.15) is 0 Å². The average molecular weight is 461 g/mol. The molecule has 5 nitrogen and oxygen atoms in total. The van der Waals surface area contributed by atoms with Gasteiger partial charge in [0, 0.05) is 18.0 Å². The summed E-state index contributed by atoms with van der Waals surface area (Å²) in [6.07, 6.45) is 11.5. The third-order valence-corrected chi connectivity index (χ3v) is 9.64. The van der Waals surface area contributed by atoms with Crippen molar-refractivity contribution in [3.05, 3.63) is 11.1 Å². The van der Waals surface area contributed by atoms with E-state index in [1.54, 1.807) is 5.57 Å². The lowest BCUT2D eigenvalue weighted by atomic mass is 9.63. The normalized spacial score (nSPS) is 37.2. The molecule has 4 aliphatic rings. The number of carboxylic acids is 1. The van der Waals surface area contributed by atoms with Crippen molar-refractivity contribution in [3.63, 3.8) is 0 Å². The fraction of sp³-hybridized carbons (Fsp3) is 0.893. The molecule has 4 rings (SSSR count). The number of rotatable bonds is 8. The van der Waals surface area contributed by atoms with Gasteiger partial charge in [0.05, 0.1) is 18.1 Å². The van der Waals surface area contributed by atoms with Crippen molar-refractivity contribution in [2.75, 3.05) is 26.2 Å².